The zero-order chi connectivity index (χ0) is 16.4. The van der Waals surface area contributed by atoms with Crippen molar-refractivity contribution in [3.05, 3.63) is 72.1 Å². The second-order valence-corrected chi connectivity index (χ2v) is 5.74. The van der Waals surface area contributed by atoms with E-state index in [0.29, 0.717) is 11.7 Å². The Labute approximate surface area is 135 Å². The summed E-state index contributed by atoms with van der Waals surface area (Å²) in [4.78, 5) is 15.6. The smallest absolute Gasteiger partial charge is 0.356 e. The molecule has 1 heterocycles. The van der Waals surface area contributed by atoms with Crippen molar-refractivity contribution in [2.75, 3.05) is 0 Å². The van der Waals surface area contributed by atoms with Crippen LogP contribution < -0.4 is 0 Å². The molecule has 4 heteroatoms. The molecular weight excluding hydrogens is 288 g/mol. The molecule has 0 atom stereocenters. The lowest BCUT2D eigenvalue weighted by Gasteiger charge is -2.10. The van der Waals surface area contributed by atoms with E-state index in [9.17, 15) is 9.90 Å². The van der Waals surface area contributed by atoms with Gasteiger partial charge in [-0.25, -0.2) is 9.78 Å². The highest BCUT2D eigenvalue weighted by atomic mass is 16.4. The first-order valence-electron chi connectivity index (χ1n) is 7.54. The van der Waals surface area contributed by atoms with Crippen molar-refractivity contribution in [3.63, 3.8) is 0 Å². The van der Waals surface area contributed by atoms with E-state index in [0.717, 1.165) is 11.3 Å². The van der Waals surface area contributed by atoms with Crippen LogP contribution in [0.3, 0.4) is 0 Å². The van der Waals surface area contributed by atoms with Gasteiger partial charge in [0.1, 0.15) is 5.82 Å². The Bertz CT molecular complexity index is 818. The Balaban J connectivity index is 2.12. The molecule has 0 aliphatic heterocycles. The van der Waals surface area contributed by atoms with Gasteiger partial charge in [-0.2, -0.15) is 0 Å². The zero-order valence-electron chi connectivity index (χ0n) is 13.1. The Kier molecular flexibility index (Phi) is 3.98. The van der Waals surface area contributed by atoms with Crippen LogP contribution in [0.2, 0.25) is 0 Å². The summed E-state index contributed by atoms with van der Waals surface area (Å²) in [6.07, 6.45) is 1.56. The van der Waals surface area contributed by atoms with Crippen molar-refractivity contribution in [1.29, 1.82) is 0 Å². The summed E-state index contributed by atoms with van der Waals surface area (Å²) in [5.41, 5.74) is 3.06. The predicted octanol–water partition coefficient (Wildman–Crippen LogP) is 4.36. The van der Waals surface area contributed by atoms with E-state index in [-0.39, 0.29) is 5.69 Å². The van der Waals surface area contributed by atoms with Crippen LogP contribution in [0.25, 0.3) is 17.1 Å². The van der Waals surface area contributed by atoms with Gasteiger partial charge in [-0.3, -0.25) is 4.57 Å². The summed E-state index contributed by atoms with van der Waals surface area (Å²) in [5, 5.41) is 9.26. The fourth-order valence-corrected chi connectivity index (χ4v) is 2.49. The average Bonchev–Trinajstić information content (AvgIpc) is 3.01. The number of hydrogen-bond donors (Lipinski definition) is 1. The number of carboxylic acid groups (broad SMARTS) is 1. The molecule has 0 unspecified atom stereocenters. The lowest BCUT2D eigenvalue weighted by molar-refractivity contribution is 0.0691. The van der Waals surface area contributed by atoms with Gasteiger partial charge in [-0.05, 0) is 23.6 Å². The van der Waals surface area contributed by atoms with Gasteiger partial charge in [0.15, 0.2) is 5.69 Å². The van der Waals surface area contributed by atoms with Crippen molar-refractivity contribution >= 4 is 5.97 Å². The van der Waals surface area contributed by atoms with Crippen LogP contribution in [0.1, 0.15) is 35.8 Å². The van der Waals surface area contributed by atoms with Gasteiger partial charge in [-0.15, -0.1) is 0 Å². The molecule has 0 radical (unpaired) electrons. The van der Waals surface area contributed by atoms with Crippen LogP contribution in [0.5, 0.6) is 0 Å². The number of aromatic carboxylic acids is 1. The van der Waals surface area contributed by atoms with Crippen molar-refractivity contribution < 1.29 is 9.90 Å². The summed E-state index contributed by atoms with van der Waals surface area (Å²) < 4.78 is 1.82. The Morgan fingerprint density at radius 2 is 1.70 bits per heavy atom. The molecule has 1 aromatic heterocycles. The Morgan fingerprint density at radius 1 is 1.04 bits per heavy atom. The van der Waals surface area contributed by atoms with Crippen LogP contribution in [0.15, 0.2) is 60.8 Å². The molecule has 2 aromatic carbocycles. The number of nitrogens with zero attached hydrogens (tertiary/aromatic N) is 2. The number of carboxylic acids is 1. The van der Waals surface area contributed by atoms with E-state index in [4.69, 9.17) is 0 Å². The quantitative estimate of drug-likeness (QED) is 0.779. The zero-order valence-corrected chi connectivity index (χ0v) is 13.1. The second-order valence-electron chi connectivity index (χ2n) is 5.74. The van der Waals surface area contributed by atoms with E-state index in [1.165, 1.54) is 5.56 Å². The standard InChI is InChI=1S/C19H18N2O2/c1-13(2)14-8-10-16(11-9-14)21-12-17(19(22)23)20-18(21)15-6-4-3-5-7-15/h3-13H,1-2H3,(H,22,23). The minimum absolute atomic E-state index is 0.0387. The van der Waals surface area contributed by atoms with Crippen LogP contribution in [-0.2, 0) is 0 Å². The van der Waals surface area contributed by atoms with Crippen LogP contribution >= 0.6 is 0 Å². The molecule has 1 N–H and O–H groups in total. The summed E-state index contributed by atoms with van der Waals surface area (Å²) in [6, 6.07) is 17.7. The van der Waals surface area contributed by atoms with E-state index < -0.39 is 5.97 Å². The molecule has 0 aliphatic rings. The van der Waals surface area contributed by atoms with E-state index in [2.05, 4.69) is 31.0 Å². The van der Waals surface area contributed by atoms with Crippen LogP contribution in [0.4, 0.5) is 0 Å². The molecule has 3 aromatic rings. The molecule has 0 aliphatic carbocycles. The first kappa shape index (κ1) is 15.0. The molecule has 0 bridgehead atoms. The molecule has 0 spiro atoms. The predicted molar refractivity (Wildman–Crippen MR) is 90.0 cm³/mol. The normalized spacial score (nSPS) is 10.9. The minimum atomic E-state index is -1.03. The van der Waals surface area contributed by atoms with Gasteiger partial charge < -0.3 is 5.11 Å². The summed E-state index contributed by atoms with van der Waals surface area (Å²) in [6.45, 7) is 4.29. The van der Waals surface area contributed by atoms with Gasteiger partial charge in [0.25, 0.3) is 0 Å². The number of carbonyl (C=O) groups is 1. The topological polar surface area (TPSA) is 55.1 Å². The Morgan fingerprint density at radius 3 is 2.26 bits per heavy atom. The molecule has 0 saturated heterocycles. The SMILES string of the molecule is CC(C)c1ccc(-n2cc(C(=O)O)nc2-c2ccccc2)cc1. The van der Waals surface area contributed by atoms with Gasteiger partial charge in [0.2, 0.25) is 0 Å². The van der Waals surface area contributed by atoms with Crippen molar-refractivity contribution in [2.45, 2.75) is 19.8 Å². The third kappa shape index (κ3) is 3.01. The van der Waals surface area contributed by atoms with Crippen molar-refractivity contribution in [3.8, 4) is 17.1 Å². The van der Waals surface area contributed by atoms with Gasteiger partial charge in [-0.1, -0.05) is 56.3 Å². The van der Waals surface area contributed by atoms with Crippen molar-refractivity contribution in [1.82, 2.24) is 9.55 Å². The maximum Gasteiger partial charge on any atom is 0.356 e. The van der Waals surface area contributed by atoms with E-state index in [1.807, 2.05) is 47.0 Å². The first-order chi connectivity index (χ1) is 11.1. The molecular formula is C19H18N2O2. The fourth-order valence-electron chi connectivity index (χ4n) is 2.49. The molecule has 0 amide bonds. The fraction of sp³-hybridized carbons (Fsp3) is 0.158. The molecule has 0 saturated carbocycles. The van der Waals surface area contributed by atoms with Gasteiger partial charge in [0, 0.05) is 17.4 Å². The molecule has 3 rings (SSSR count). The molecule has 0 fully saturated rings. The third-order valence-corrected chi connectivity index (χ3v) is 3.79. The molecule has 116 valence electrons. The maximum absolute atomic E-state index is 11.3. The maximum atomic E-state index is 11.3. The number of hydrogen-bond acceptors (Lipinski definition) is 2. The monoisotopic (exact) mass is 306 g/mol. The van der Waals surface area contributed by atoms with Gasteiger partial charge >= 0.3 is 5.97 Å². The Hall–Kier alpha value is -2.88. The number of rotatable bonds is 4. The molecule has 23 heavy (non-hydrogen) atoms. The van der Waals surface area contributed by atoms with Crippen LogP contribution in [-0.4, -0.2) is 20.6 Å². The highest BCUT2D eigenvalue weighted by Gasteiger charge is 2.15. The van der Waals surface area contributed by atoms with Crippen molar-refractivity contribution in [2.24, 2.45) is 0 Å². The first-order valence-corrected chi connectivity index (χ1v) is 7.54. The summed E-state index contributed by atoms with van der Waals surface area (Å²) in [7, 11) is 0. The number of benzene rings is 2. The average molecular weight is 306 g/mol. The summed E-state index contributed by atoms with van der Waals surface area (Å²) in [5.74, 6) is 0.0510. The second kappa shape index (κ2) is 6.08. The largest absolute Gasteiger partial charge is 0.476 e. The minimum Gasteiger partial charge on any atom is -0.476 e. The lowest BCUT2D eigenvalue weighted by Crippen LogP contribution is -1.97. The highest BCUT2D eigenvalue weighted by molar-refractivity contribution is 5.86. The van der Waals surface area contributed by atoms with Gasteiger partial charge in [0.05, 0.1) is 0 Å². The van der Waals surface area contributed by atoms with E-state index in [1.54, 1.807) is 6.20 Å². The molecule has 4 nitrogen and oxygen atoms in total. The number of aromatic nitrogens is 2. The highest BCUT2D eigenvalue weighted by Crippen LogP contribution is 2.24. The van der Waals surface area contributed by atoms with E-state index >= 15 is 0 Å². The third-order valence-electron chi connectivity index (χ3n) is 3.79. The van der Waals surface area contributed by atoms with Crippen LogP contribution in [0, 0.1) is 0 Å². The number of imidazole rings is 1. The lowest BCUT2D eigenvalue weighted by atomic mass is 10.0. The summed E-state index contributed by atoms with van der Waals surface area (Å²) >= 11 is 0.